The molecule has 100 valence electrons. The van der Waals surface area contributed by atoms with Crippen molar-refractivity contribution >= 4 is 5.97 Å². The minimum Gasteiger partial charge on any atom is -0.515 e. The molecular weight excluding hydrogens is 216 g/mol. The molecule has 0 fully saturated rings. The molecule has 0 radical (unpaired) electrons. The number of carbonyl (C=O) groups excluding carboxylic acids is 1. The van der Waals surface area contributed by atoms with Crippen LogP contribution in [0.3, 0.4) is 0 Å². The quantitative estimate of drug-likeness (QED) is 0.240. The van der Waals surface area contributed by atoms with Crippen molar-refractivity contribution in [2.45, 2.75) is 52.9 Å². The van der Waals surface area contributed by atoms with E-state index < -0.39 is 5.97 Å². The fraction of sp³-hybridized carbons (Fsp3) is 0.643. The topological polar surface area (TPSA) is 46.5 Å². The fourth-order valence-corrected chi connectivity index (χ4v) is 0.915. The smallest absolute Gasteiger partial charge is 0.333 e. The van der Waals surface area contributed by atoms with Crippen molar-refractivity contribution in [3.63, 3.8) is 0 Å². The van der Waals surface area contributed by atoms with Crippen LogP contribution in [-0.4, -0.2) is 17.7 Å². The van der Waals surface area contributed by atoms with Gasteiger partial charge in [0.25, 0.3) is 0 Å². The number of ether oxygens (including phenoxy) is 1. The lowest BCUT2D eigenvalue weighted by molar-refractivity contribution is -0.137. The second kappa shape index (κ2) is 17.2. The van der Waals surface area contributed by atoms with Crippen molar-refractivity contribution in [2.75, 3.05) is 6.61 Å². The third kappa shape index (κ3) is 20.7. The summed E-state index contributed by atoms with van der Waals surface area (Å²) in [7, 11) is 0. The van der Waals surface area contributed by atoms with Crippen molar-refractivity contribution < 1.29 is 14.6 Å². The molecule has 0 heterocycles. The molecule has 0 saturated heterocycles. The Hall–Kier alpha value is -1.25. The maximum absolute atomic E-state index is 10.4. The molecule has 0 atom stereocenters. The maximum Gasteiger partial charge on any atom is 0.333 e. The maximum atomic E-state index is 10.4. The third-order valence-electron chi connectivity index (χ3n) is 1.91. The summed E-state index contributed by atoms with van der Waals surface area (Å²) in [5, 5.41) is 8.11. The van der Waals surface area contributed by atoms with E-state index in [1.807, 2.05) is 6.92 Å². The number of carbonyl (C=O) groups is 1. The third-order valence-corrected chi connectivity index (χ3v) is 1.91. The lowest BCUT2D eigenvalue weighted by atomic mass is 10.2. The van der Waals surface area contributed by atoms with Gasteiger partial charge in [-0.3, -0.25) is 0 Å². The van der Waals surface area contributed by atoms with Crippen molar-refractivity contribution in [1.82, 2.24) is 0 Å². The molecule has 0 saturated carbocycles. The Bertz CT molecular complexity index is 208. The summed E-state index contributed by atoms with van der Waals surface area (Å²) < 4.78 is 4.64. The van der Waals surface area contributed by atoms with E-state index >= 15 is 0 Å². The molecule has 0 unspecified atom stereocenters. The van der Waals surface area contributed by atoms with Crippen LogP contribution in [0.2, 0.25) is 0 Å². The number of esters is 1. The summed E-state index contributed by atoms with van der Waals surface area (Å²) in [6.07, 6.45) is 11.7. The average molecular weight is 242 g/mol. The van der Waals surface area contributed by atoms with Crippen LogP contribution >= 0.6 is 0 Å². The summed E-state index contributed by atoms with van der Waals surface area (Å²) >= 11 is 0. The molecule has 3 heteroatoms. The molecule has 0 aromatic heterocycles. The lowest BCUT2D eigenvalue weighted by Crippen LogP contribution is -2.01. The van der Waals surface area contributed by atoms with Crippen LogP contribution in [0.15, 0.2) is 24.5 Å². The van der Waals surface area contributed by atoms with Crippen LogP contribution in [-0.2, 0) is 9.53 Å². The summed E-state index contributed by atoms with van der Waals surface area (Å²) in [6.45, 7) is 6.72. The first-order chi connectivity index (χ1) is 8.22. The van der Waals surface area contributed by atoms with Crippen LogP contribution in [0.4, 0.5) is 0 Å². The van der Waals surface area contributed by atoms with E-state index in [2.05, 4.69) is 30.7 Å². The zero-order valence-electron chi connectivity index (χ0n) is 11.3. The molecule has 17 heavy (non-hydrogen) atoms. The van der Waals surface area contributed by atoms with Gasteiger partial charge in [0, 0.05) is 0 Å². The van der Waals surface area contributed by atoms with Crippen LogP contribution < -0.4 is 0 Å². The molecule has 0 aliphatic rings. The molecule has 0 spiro atoms. The molecule has 0 bridgehead atoms. The summed E-state index contributed by atoms with van der Waals surface area (Å²) in [5.74, 6) is -0.490. The van der Waals surface area contributed by atoms with Crippen molar-refractivity contribution in [1.29, 1.82) is 0 Å². The van der Waals surface area contributed by atoms with E-state index in [1.54, 1.807) is 0 Å². The molecule has 0 aromatic rings. The van der Waals surface area contributed by atoms with E-state index in [1.165, 1.54) is 19.3 Å². The highest BCUT2D eigenvalue weighted by Crippen LogP contribution is 1.93. The first-order valence-electron chi connectivity index (χ1n) is 6.31. The van der Waals surface area contributed by atoms with Crippen molar-refractivity contribution in [2.24, 2.45) is 0 Å². The van der Waals surface area contributed by atoms with Gasteiger partial charge in [0.1, 0.15) is 0 Å². The zero-order valence-corrected chi connectivity index (χ0v) is 11.3. The number of aliphatic hydroxyl groups is 1. The first kappa shape index (κ1) is 18.1. The Labute approximate surface area is 105 Å². The van der Waals surface area contributed by atoms with Gasteiger partial charge < -0.3 is 9.84 Å². The Kier molecular flexibility index (Phi) is 18.3. The van der Waals surface area contributed by atoms with Gasteiger partial charge >= 0.3 is 5.97 Å². The minimum absolute atomic E-state index is 0.430. The lowest BCUT2D eigenvalue weighted by Gasteiger charge is -1.97. The van der Waals surface area contributed by atoms with Crippen LogP contribution in [0.5, 0.6) is 0 Å². The van der Waals surface area contributed by atoms with Gasteiger partial charge in [-0.15, -0.1) is 0 Å². The molecular formula is C14H26O3. The summed E-state index contributed by atoms with van der Waals surface area (Å²) in [5.41, 5.74) is 0. The highest BCUT2D eigenvalue weighted by atomic mass is 16.5. The molecule has 0 aliphatic carbocycles. The van der Waals surface area contributed by atoms with Crippen molar-refractivity contribution in [3.05, 3.63) is 24.5 Å². The first-order valence-corrected chi connectivity index (χ1v) is 6.31. The number of allylic oxidation sites excluding steroid dienone is 2. The van der Waals surface area contributed by atoms with E-state index in [9.17, 15) is 4.79 Å². The van der Waals surface area contributed by atoms with Crippen LogP contribution in [0.1, 0.15) is 52.9 Å². The highest BCUT2D eigenvalue weighted by molar-refractivity contribution is 5.81. The minimum atomic E-state index is -0.490. The highest BCUT2D eigenvalue weighted by Gasteiger charge is 1.93. The van der Waals surface area contributed by atoms with Gasteiger partial charge in [-0.25, -0.2) is 4.79 Å². The summed E-state index contributed by atoms with van der Waals surface area (Å²) in [6, 6.07) is 0. The molecule has 3 nitrogen and oxygen atoms in total. The summed E-state index contributed by atoms with van der Waals surface area (Å²) in [4.78, 5) is 10.4. The Morgan fingerprint density at radius 3 is 2.35 bits per heavy atom. The molecule has 0 rings (SSSR count). The second-order valence-electron chi connectivity index (χ2n) is 3.55. The van der Waals surface area contributed by atoms with E-state index in [0.29, 0.717) is 12.9 Å². The Balaban J connectivity index is 0. The standard InChI is InChI=1S/C7H12O3.C7H14/c1-2-3-6-10-7(9)4-5-8;1-3-5-7-6-4-2/h4-5,8H,2-3,6H2,1H3;3,5H,4,6-7H2,1-2H3. The number of hydrogen-bond acceptors (Lipinski definition) is 3. The van der Waals surface area contributed by atoms with Gasteiger partial charge in [0.2, 0.25) is 0 Å². The number of rotatable bonds is 7. The molecule has 0 aromatic carbocycles. The predicted octanol–water partition coefficient (Wildman–Crippen LogP) is 4.15. The van der Waals surface area contributed by atoms with Gasteiger partial charge in [0.05, 0.1) is 18.9 Å². The zero-order chi connectivity index (χ0) is 13.4. The molecule has 1 N–H and O–H groups in total. The SMILES string of the molecule is CC=CCCCC.CCCCOC(=O)C=CO. The molecule has 0 amide bonds. The van der Waals surface area contributed by atoms with Crippen LogP contribution in [0, 0.1) is 0 Å². The second-order valence-corrected chi connectivity index (χ2v) is 3.55. The van der Waals surface area contributed by atoms with E-state index in [4.69, 9.17) is 5.11 Å². The van der Waals surface area contributed by atoms with Crippen LogP contribution in [0.25, 0.3) is 0 Å². The van der Waals surface area contributed by atoms with Gasteiger partial charge in [-0.1, -0.05) is 45.3 Å². The van der Waals surface area contributed by atoms with Gasteiger partial charge in [-0.2, -0.15) is 0 Å². The van der Waals surface area contributed by atoms with E-state index in [-0.39, 0.29) is 0 Å². The average Bonchev–Trinajstić information content (AvgIpc) is 2.31. The number of aliphatic hydroxyl groups excluding tert-OH is 1. The fourth-order valence-electron chi connectivity index (χ4n) is 0.915. The Morgan fingerprint density at radius 2 is 1.88 bits per heavy atom. The van der Waals surface area contributed by atoms with Gasteiger partial charge in [-0.05, 0) is 19.8 Å². The number of unbranched alkanes of at least 4 members (excludes halogenated alkanes) is 3. The van der Waals surface area contributed by atoms with Gasteiger partial charge in [0.15, 0.2) is 0 Å². The van der Waals surface area contributed by atoms with E-state index in [0.717, 1.165) is 18.9 Å². The van der Waals surface area contributed by atoms with Crippen molar-refractivity contribution in [3.8, 4) is 0 Å². The number of hydrogen-bond donors (Lipinski definition) is 1. The monoisotopic (exact) mass is 242 g/mol. The largest absolute Gasteiger partial charge is 0.515 e. The Morgan fingerprint density at radius 1 is 1.24 bits per heavy atom. The molecule has 0 aliphatic heterocycles. The normalized spacial score (nSPS) is 10.3. The predicted molar refractivity (Wildman–Crippen MR) is 72.0 cm³/mol.